The second kappa shape index (κ2) is 6.53. The van der Waals surface area contributed by atoms with Gasteiger partial charge < -0.3 is 0 Å². The van der Waals surface area contributed by atoms with Crippen LogP contribution in [0.15, 0.2) is 30.3 Å². The first-order valence-electron chi connectivity index (χ1n) is 7.21. The van der Waals surface area contributed by atoms with E-state index in [-0.39, 0.29) is 11.7 Å². The third-order valence-electron chi connectivity index (χ3n) is 4.10. The highest BCUT2D eigenvalue weighted by molar-refractivity contribution is 7.90. The fourth-order valence-electron chi connectivity index (χ4n) is 3.01. The number of rotatable bonds is 5. The average molecular weight is 294 g/mol. The van der Waals surface area contributed by atoms with Gasteiger partial charge in [0.25, 0.3) is 0 Å². The Hall–Kier alpha value is -1.16. The normalized spacial score (nSPS) is 23.8. The first-order chi connectivity index (χ1) is 9.46. The molecule has 1 aromatic rings. The lowest BCUT2D eigenvalue weighted by atomic mass is 9.76. The van der Waals surface area contributed by atoms with Crippen LogP contribution in [0.25, 0.3) is 0 Å². The minimum absolute atomic E-state index is 0.0377. The molecule has 1 saturated carbocycles. The number of hydrogen-bond acceptors (Lipinski definition) is 3. The topological polar surface area (TPSA) is 51.2 Å². The monoisotopic (exact) mass is 294 g/mol. The number of hydrogen-bond donors (Lipinski definition) is 0. The smallest absolute Gasteiger partial charge is 0.147 e. The molecule has 2 atom stereocenters. The maximum absolute atomic E-state index is 12.0. The van der Waals surface area contributed by atoms with E-state index < -0.39 is 9.84 Å². The summed E-state index contributed by atoms with van der Waals surface area (Å²) >= 11 is 0. The number of sulfone groups is 1. The first kappa shape index (κ1) is 15.2. The second-order valence-electron chi connectivity index (χ2n) is 5.82. The summed E-state index contributed by atoms with van der Waals surface area (Å²) in [6.07, 6.45) is 4.97. The van der Waals surface area contributed by atoms with E-state index >= 15 is 0 Å². The number of carbonyl (C=O) groups excluding carboxylic acids is 1. The van der Waals surface area contributed by atoms with Crippen LogP contribution >= 0.6 is 0 Å². The molecule has 0 spiro atoms. The van der Waals surface area contributed by atoms with E-state index in [1.807, 2.05) is 18.2 Å². The summed E-state index contributed by atoms with van der Waals surface area (Å²) in [5.41, 5.74) is 1.30. The van der Waals surface area contributed by atoms with E-state index in [4.69, 9.17) is 0 Å². The quantitative estimate of drug-likeness (QED) is 0.839. The molecule has 0 saturated heterocycles. The Morgan fingerprint density at radius 2 is 1.90 bits per heavy atom. The average Bonchev–Trinajstić information content (AvgIpc) is 2.40. The van der Waals surface area contributed by atoms with Gasteiger partial charge >= 0.3 is 0 Å². The molecule has 0 bridgehead atoms. The van der Waals surface area contributed by atoms with E-state index in [2.05, 4.69) is 12.1 Å². The molecule has 0 aromatic heterocycles. The van der Waals surface area contributed by atoms with Crippen LogP contribution < -0.4 is 0 Å². The summed E-state index contributed by atoms with van der Waals surface area (Å²) in [5.74, 6) is 0.978. The van der Waals surface area contributed by atoms with Gasteiger partial charge in [0.15, 0.2) is 0 Å². The summed E-state index contributed by atoms with van der Waals surface area (Å²) in [7, 11) is -2.92. The Balaban J connectivity index is 1.93. The molecule has 3 nitrogen and oxygen atoms in total. The van der Waals surface area contributed by atoms with Crippen LogP contribution in [-0.4, -0.2) is 26.2 Å². The van der Waals surface area contributed by atoms with Crippen LogP contribution in [0.1, 0.15) is 43.6 Å². The number of benzene rings is 1. The molecule has 4 heteroatoms. The van der Waals surface area contributed by atoms with Gasteiger partial charge in [-0.25, -0.2) is 8.42 Å². The summed E-state index contributed by atoms with van der Waals surface area (Å²) in [6, 6.07) is 10.3. The van der Waals surface area contributed by atoms with Gasteiger partial charge in [-0.15, -0.1) is 0 Å². The maximum Gasteiger partial charge on any atom is 0.147 e. The van der Waals surface area contributed by atoms with E-state index in [0.29, 0.717) is 31.0 Å². The van der Waals surface area contributed by atoms with Gasteiger partial charge in [-0.1, -0.05) is 30.3 Å². The van der Waals surface area contributed by atoms with E-state index in [1.165, 1.54) is 11.8 Å². The second-order valence-corrected chi connectivity index (χ2v) is 8.08. The van der Waals surface area contributed by atoms with Crippen LogP contribution in [0, 0.1) is 5.92 Å². The van der Waals surface area contributed by atoms with Crippen molar-refractivity contribution in [3.05, 3.63) is 35.9 Å². The van der Waals surface area contributed by atoms with Crippen LogP contribution in [0.2, 0.25) is 0 Å². The molecule has 1 aromatic carbocycles. The Kier molecular flexibility index (Phi) is 4.97. The van der Waals surface area contributed by atoms with Crippen molar-refractivity contribution in [2.75, 3.05) is 12.0 Å². The van der Waals surface area contributed by atoms with Gasteiger partial charge in [0, 0.05) is 24.3 Å². The predicted molar refractivity (Wildman–Crippen MR) is 80.5 cm³/mol. The summed E-state index contributed by atoms with van der Waals surface area (Å²) in [5, 5.41) is 0. The molecule has 2 rings (SSSR count). The van der Waals surface area contributed by atoms with Crippen molar-refractivity contribution in [1.29, 1.82) is 0 Å². The fraction of sp³-hybridized carbons (Fsp3) is 0.562. The number of ketones is 1. The van der Waals surface area contributed by atoms with Crippen molar-refractivity contribution < 1.29 is 13.2 Å². The minimum Gasteiger partial charge on any atom is -0.299 e. The summed E-state index contributed by atoms with van der Waals surface area (Å²) < 4.78 is 22.3. The molecule has 110 valence electrons. The Morgan fingerprint density at radius 1 is 1.20 bits per heavy atom. The van der Waals surface area contributed by atoms with Crippen molar-refractivity contribution in [3.8, 4) is 0 Å². The largest absolute Gasteiger partial charge is 0.299 e. The highest BCUT2D eigenvalue weighted by Crippen LogP contribution is 2.36. The number of Topliss-reactive ketones (excluding diaryl/α,β-unsaturated/α-hetero) is 1. The van der Waals surface area contributed by atoms with Gasteiger partial charge in [0.05, 0.1) is 0 Å². The zero-order valence-corrected chi connectivity index (χ0v) is 12.7. The lowest BCUT2D eigenvalue weighted by Crippen LogP contribution is -2.24. The van der Waals surface area contributed by atoms with Crippen LogP contribution in [0.3, 0.4) is 0 Å². The molecule has 0 aliphatic heterocycles. The molecule has 2 unspecified atom stereocenters. The van der Waals surface area contributed by atoms with Crippen molar-refractivity contribution in [1.82, 2.24) is 0 Å². The Bertz CT molecular complexity index is 548. The zero-order valence-electron chi connectivity index (χ0n) is 11.9. The van der Waals surface area contributed by atoms with Crippen LogP contribution in [0.5, 0.6) is 0 Å². The third kappa shape index (κ3) is 4.44. The molecular weight excluding hydrogens is 272 g/mol. The Morgan fingerprint density at radius 3 is 2.55 bits per heavy atom. The molecule has 0 N–H and O–H groups in total. The molecule has 0 radical (unpaired) electrons. The van der Waals surface area contributed by atoms with Gasteiger partial charge in [-0.05, 0) is 37.2 Å². The van der Waals surface area contributed by atoms with Gasteiger partial charge in [0.1, 0.15) is 15.6 Å². The molecular formula is C16H22O3S. The molecule has 1 fully saturated rings. The van der Waals surface area contributed by atoms with Gasteiger partial charge in [-0.2, -0.15) is 0 Å². The lowest BCUT2D eigenvalue weighted by molar-refractivity contribution is -0.125. The Labute approximate surface area is 121 Å². The highest BCUT2D eigenvalue weighted by atomic mass is 32.2. The molecule has 20 heavy (non-hydrogen) atoms. The maximum atomic E-state index is 12.0. The fourth-order valence-corrected chi connectivity index (χ4v) is 3.70. The molecule has 1 aliphatic rings. The van der Waals surface area contributed by atoms with Gasteiger partial charge in [0.2, 0.25) is 0 Å². The molecule has 1 aliphatic carbocycles. The molecule has 0 amide bonds. The SMILES string of the molecule is CS(=O)(=O)CCCC1CC(c2ccccc2)CCC1=O. The van der Waals surface area contributed by atoms with Crippen LogP contribution in [-0.2, 0) is 14.6 Å². The van der Waals surface area contributed by atoms with Crippen molar-refractivity contribution in [2.45, 2.75) is 38.0 Å². The van der Waals surface area contributed by atoms with Crippen molar-refractivity contribution in [2.24, 2.45) is 5.92 Å². The third-order valence-corrected chi connectivity index (χ3v) is 5.13. The van der Waals surface area contributed by atoms with Crippen molar-refractivity contribution in [3.63, 3.8) is 0 Å². The summed E-state index contributed by atoms with van der Waals surface area (Å²) in [4.78, 5) is 12.0. The molecule has 0 heterocycles. The van der Waals surface area contributed by atoms with E-state index in [1.54, 1.807) is 0 Å². The van der Waals surface area contributed by atoms with E-state index in [0.717, 1.165) is 12.8 Å². The summed E-state index contributed by atoms with van der Waals surface area (Å²) in [6.45, 7) is 0. The van der Waals surface area contributed by atoms with Crippen molar-refractivity contribution >= 4 is 15.6 Å². The lowest BCUT2D eigenvalue weighted by Gasteiger charge is -2.28. The first-order valence-corrected chi connectivity index (χ1v) is 9.27. The number of carbonyl (C=O) groups is 1. The zero-order chi connectivity index (χ0) is 14.6. The minimum atomic E-state index is -2.92. The highest BCUT2D eigenvalue weighted by Gasteiger charge is 2.29. The predicted octanol–water partition coefficient (Wildman–Crippen LogP) is 2.96. The van der Waals surface area contributed by atoms with E-state index in [9.17, 15) is 13.2 Å². The van der Waals surface area contributed by atoms with Crippen LogP contribution in [0.4, 0.5) is 0 Å². The standard InChI is InChI=1S/C16H22O3S/c1-20(18,19)11-5-8-15-12-14(9-10-16(15)17)13-6-3-2-4-7-13/h2-4,6-7,14-15H,5,8-12H2,1H3. The van der Waals surface area contributed by atoms with Gasteiger partial charge in [-0.3, -0.25) is 4.79 Å².